The van der Waals surface area contributed by atoms with E-state index in [4.69, 9.17) is 48.6 Å². The van der Waals surface area contributed by atoms with Crippen LogP contribution in [0.15, 0.2) is 46.7 Å². The number of nitrogens with zero attached hydrogens (tertiary/aromatic N) is 1. The second kappa shape index (κ2) is 14.3. The summed E-state index contributed by atoms with van der Waals surface area (Å²) in [6.45, 7) is 3.51. The standard InChI is InChI=1S/C27H28Cl2N4O7/c1-5-9-39-25-17(10-18(28)12-19(25)29)13-30-33-22(34)14-40-20-8-7-16(11-21(20)38-6-2)24-23(26(35)37-4)15(3)31-27(36)32-24/h1,7-8,10-13,22,24,33-34H,6,9,14H2,2-4H3,(H2,31,32,36)/b30-13+/t22-,24+/m0/s1. The van der Waals surface area contributed by atoms with E-state index >= 15 is 0 Å². The second-order valence-electron chi connectivity index (χ2n) is 8.21. The maximum Gasteiger partial charge on any atom is 0.337 e. The molecular formula is C27H28Cl2N4O7. The van der Waals surface area contributed by atoms with Gasteiger partial charge in [0.15, 0.2) is 17.7 Å². The van der Waals surface area contributed by atoms with E-state index in [1.54, 1.807) is 38.1 Å². The first-order valence-corrected chi connectivity index (χ1v) is 12.7. The summed E-state index contributed by atoms with van der Waals surface area (Å²) < 4.78 is 21.8. The van der Waals surface area contributed by atoms with Crippen LogP contribution in [0.3, 0.4) is 0 Å². The highest BCUT2D eigenvalue weighted by Crippen LogP contribution is 2.35. The highest BCUT2D eigenvalue weighted by atomic mass is 35.5. The van der Waals surface area contributed by atoms with Gasteiger partial charge in [0.1, 0.15) is 19.0 Å². The van der Waals surface area contributed by atoms with E-state index in [1.807, 2.05) is 0 Å². The number of aliphatic hydroxyl groups is 1. The predicted octanol–water partition coefficient (Wildman–Crippen LogP) is 3.53. The van der Waals surface area contributed by atoms with Crippen molar-refractivity contribution < 1.29 is 33.6 Å². The molecule has 11 nitrogen and oxygen atoms in total. The monoisotopic (exact) mass is 590 g/mol. The molecule has 0 spiro atoms. The maximum atomic E-state index is 12.4. The SMILES string of the molecule is C#CCOc1c(Cl)cc(Cl)cc1/C=N/N[C@@H](O)COc1ccc([C@H]2NC(=O)NC(C)=C2C(=O)OC)cc1OCC. The van der Waals surface area contributed by atoms with Gasteiger partial charge in [-0.2, -0.15) is 5.10 Å². The molecule has 3 rings (SSSR count). The van der Waals surface area contributed by atoms with Crippen molar-refractivity contribution in [2.45, 2.75) is 26.1 Å². The molecule has 2 aromatic rings. The lowest BCUT2D eigenvalue weighted by Crippen LogP contribution is -2.45. The Morgan fingerprint density at radius 2 is 2.02 bits per heavy atom. The van der Waals surface area contributed by atoms with E-state index < -0.39 is 24.3 Å². The third-order valence-corrected chi connectivity index (χ3v) is 5.94. The summed E-state index contributed by atoms with van der Waals surface area (Å²) >= 11 is 12.3. The molecule has 0 aliphatic carbocycles. The number of terminal acetylenes is 1. The van der Waals surface area contributed by atoms with Crippen molar-refractivity contribution >= 4 is 41.4 Å². The van der Waals surface area contributed by atoms with Crippen LogP contribution in [0.25, 0.3) is 0 Å². The molecule has 2 aromatic carbocycles. The first-order valence-electron chi connectivity index (χ1n) is 12.0. The van der Waals surface area contributed by atoms with Gasteiger partial charge in [-0.15, -0.1) is 6.42 Å². The third kappa shape index (κ3) is 7.72. The number of hydrogen-bond acceptors (Lipinski definition) is 9. The zero-order valence-electron chi connectivity index (χ0n) is 21.9. The number of nitrogens with one attached hydrogen (secondary N) is 3. The number of esters is 1. The number of hydrazone groups is 1. The second-order valence-corrected chi connectivity index (χ2v) is 9.06. The number of aliphatic hydroxyl groups excluding tert-OH is 1. The van der Waals surface area contributed by atoms with Gasteiger partial charge in [0, 0.05) is 16.3 Å². The Morgan fingerprint density at radius 3 is 2.73 bits per heavy atom. The number of halogens is 2. The number of ether oxygens (including phenoxy) is 4. The summed E-state index contributed by atoms with van der Waals surface area (Å²) in [5.41, 5.74) is 4.18. The molecule has 0 fully saturated rings. The largest absolute Gasteiger partial charge is 0.490 e. The molecule has 0 radical (unpaired) electrons. The van der Waals surface area contributed by atoms with E-state index in [0.717, 1.165) is 0 Å². The molecule has 1 aliphatic heterocycles. The van der Waals surface area contributed by atoms with Gasteiger partial charge in [-0.3, -0.25) is 5.43 Å². The van der Waals surface area contributed by atoms with Crippen LogP contribution in [0, 0.1) is 12.3 Å². The van der Waals surface area contributed by atoms with Crippen molar-refractivity contribution in [2.24, 2.45) is 5.10 Å². The van der Waals surface area contributed by atoms with E-state index in [2.05, 4.69) is 27.1 Å². The number of hydrogen-bond donors (Lipinski definition) is 4. The van der Waals surface area contributed by atoms with E-state index in [0.29, 0.717) is 45.7 Å². The van der Waals surface area contributed by atoms with Crippen molar-refractivity contribution in [3.63, 3.8) is 0 Å². The number of methoxy groups -OCH3 is 1. The Balaban J connectivity index is 1.72. The highest BCUT2D eigenvalue weighted by Gasteiger charge is 2.32. The molecule has 40 heavy (non-hydrogen) atoms. The van der Waals surface area contributed by atoms with Gasteiger partial charge in [-0.25, -0.2) is 9.59 Å². The van der Waals surface area contributed by atoms with Crippen LogP contribution >= 0.6 is 23.2 Å². The lowest BCUT2D eigenvalue weighted by Gasteiger charge is -2.28. The summed E-state index contributed by atoms with van der Waals surface area (Å²) in [5, 5.41) is 20.3. The normalized spacial score (nSPS) is 15.5. The van der Waals surface area contributed by atoms with Gasteiger partial charge in [0.2, 0.25) is 0 Å². The average Bonchev–Trinajstić information content (AvgIpc) is 2.91. The van der Waals surface area contributed by atoms with Crippen LogP contribution in [0.4, 0.5) is 4.79 Å². The van der Waals surface area contributed by atoms with Crippen molar-refractivity contribution in [3.8, 4) is 29.6 Å². The number of carbonyl (C=O) groups excluding carboxylic acids is 2. The maximum absolute atomic E-state index is 12.4. The zero-order chi connectivity index (χ0) is 29.2. The average molecular weight is 591 g/mol. The van der Waals surface area contributed by atoms with Gasteiger partial charge in [0.05, 0.1) is 36.6 Å². The van der Waals surface area contributed by atoms with Crippen LogP contribution in [0.2, 0.25) is 10.0 Å². The summed E-state index contributed by atoms with van der Waals surface area (Å²) in [7, 11) is 1.26. The Hall–Kier alpha value is -4.11. The topological polar surface area (TPSA) is 140 Å². The Labute approximate surface area is 241 Å². The zero-order valence-corrected chi connectivity index (χ0v) is 23.4. The summed E-state index contributed by atoms with van der Waals surface area (Å²) in [4.78, 5) is 24.5. The van der Waals surface area contributed by atoms with Crippen molar-refractivity contribution in [3.05, 3.63) is 62.8 Å². The summed E-state index contributed by atoms with van der Waals surface area (Å²) in [6.07, 6.45) is 5.41. The van der Waals surface area contributed by atoms with Crippen LogP contribution in [0.1, 0.15) is 31.0 Å². The molecule has 2 atom stereocenters. The number of allylic oxidation sites excluding steroid dienone is 1. The number of benzene rings is 2. The van der Waals surface area contributed by atoms with Gasteiger partial charge < -0.3 is 34.7 Å². The molecule has 1 aliphatic rings. The predicted molar refractivity (Wildman–Crippen MR) is 150 cm³/mol. The van der Waals surface area contributed by atoms with Gasteiger partial charge >= 0.3 is 12.0 Å². The lowest BCUT2D eigenvalue weighted by atomic mass is 9.95. The highest BCUT2D eigenvalue weighted by molar-refractivity contribution is 6.36. The number of rotatable bonds is 12. The first-order chi connectivity index (χ1) is 19.2. The van der Waals surface area contributed by atoms with E-state index in [1.165, 1.54) is 19.4 Å². The van der Waals surface area contributed by atoms with Gasteiger partial charge in [-0.05, 0) is 43.7 Å². The van der Waals surface area contributed by atoms with E-state index in [-0.39, 0.29) is 23.8 Å². The van der Waals surface area contributed by atoms with Gasteiger partial charge in [0.25, 0.3) is 0 Å². The fourth-order valence-corrected chi connectivity index (χ4v) is 4.32. The number of carbonyl (C=O) groups is 2. The molecular weight excluding hydrogens is 563 g/mol. The van der Waals surface area contributed by atoms with Crippen LogP contribution in [-0.4, -0.2) is 56.5 Å². The van der Waals surface area contributed by atoms with Crippen molar-refractivity contribution in [2.75, 3.05) is 26.9 Å². The number of urea groups is 1. The minimum Gasteiger partial charge on any atom is -0.490 e. The molecule has 0 unspecified atom stereocenters. The molecule has 13 heteroatoms. The molecule has 0 saturated heterocycles. The molecule has 0 bridgehead atoms. The van der Waals surface area contributed by atoms with Crippen LogP contribution in [0.5, 0.6) is 17.2 Å². The minimum atomic E-state index is -1.21. The molecule has 0 saturated carbocycles. The lowest BCUT2D eigenvalue weighted by molar-refractivity contribution is -0.136. The minimum absolute atomic E-state index is 0.00303. The summed E-state index contributed by atoms with van der Waals surface area (Å²) in [6, 6.07) is 6.78. The molecule has 212 valence electrons. The molecule has 4 N–H and O–H groups in total. The molecule has 0 aromatic heterocycles. The van der Waals surface area contributed by atoms with Crippen LogP contribution in [-0.2, 0) is 9.53 Å². The van der Waals surface area contributed by atoms with Crippen LogP contribution < -0.4 is 30.3 Å². The van der Waals surface area contributed by atoms with Gasteiger partial charge in [-0.1, -0.05) is 35.2 Å². The Kier molecular flexibility index (Phi) is 10.9. The third-order valence-electron chi connectivity index (χ3n) is 5.44. The fourth-order valence-electron chi connectivity index (χ4n) is 3.76. The molecule has 2 amide bonds. The first kappa shape index (κ1) is 30.4. The fraction of sp³-hybridized carbons (Fsp3) is 0.296. The number of amides is 2. The van der Waals surface area contributed by atoms with E-state index in [9.17, 15) is 14.7 Å². The quantitative estimate of drug-likeness (QED) is 0.0967. The smallest absolute Gasteiger partial charge is 0.337 e. The Morgan fingerprint density at radius 1 is 1.25 bits per heavy atom. The Bertz CT molecular complexity index is 1360. The summed E-state index contributed by atoms with van der Waals surface area (Å²) in [5.74, 6) is 2.73. The van der Waals surface area contributed by atoms with Crippen molar-refractivity contribution in [1.29, 1.82) is 0 Å². The molecule has 1 heterocycles. The van der Waals surface area contributed by atoms with Crippen molar-refractivity contribution in [1.82, 2.24) is 16.1 Å².